The van der Waals surface area contributed by atoms with Gasteiger partial charge in [-0.15, -0.1) is 0 Å². The normalized spacial score (nSPS) is 11.2. The van der Waals surface area contributed by atoms with Crippen LogP contribution in [0.5, 0.6) is 0 Å². The van der Waals surface area contributed by atoms with Crippen LogP contribution in [0.4, 0.5) is 10.1 Å². The first kappa shape index (κ1) is 16.2. The topological polar surface area (TPSA) is 63.2 Å². The first-order chi connectivity index (χ1) is 10.3. The number of carbonyl (C=O) groups excluding carboxylic acids is 1. The van der Waals surface area contributed by atoms with Crippen molar-refractivity contribution in [3.63, 3.8) is 0 Å². The summed E-state index contributed by atoms with van der Waals surface area (Å²) in [5.74, 6) is -2.12. The molecule has 2 aromatic carbocycles. The van der Waals surface area contributed by atoms with Gasteiger partial charge in [-0.2, -0.15) is 0 Å². The number of hydrogen-bond acceptors (Lipinski definition) is 3. The Labute approximate surface area is 128 Å². The number of carbonyl (C=O) groups is 1. The number of hydrogen-bond donors (Lipinski definition) is 1. The van der Waals surface area contributed by atoms with Crippen LogP contribution >= 0.6 is 0 Å². The van der Waals surface area contributed by atoms with Gasteiger partial charge in [0, 0.05) is 5.69 Å². The second-order valence-corrected chi connectivity index (χ2v) is 7.14. The van der Waals surface area contributed by atoms with Gasteiger partial charge in [-0.25, -0.2) is 12.8 Å². The van der Waals surface area contributed by atoms with E-state index < -0.39 is 27.3 Å². The van der Waals surface area contributed by atoms with E-state index in [1.54, 1.807) is 18.2 Å². The molecule has 0 saturated carbocycles. The highest BCUT2D eigenvalue weighted by molar-refractivity contribution is 7.91. The van der Waals surface area contributed by atoms with E-state index in [2.05, 4.69) is 5.32 Å². The minimum atomic E-state index is -3.66. The van der Waals surface area contributed by atoms with Crippen LogP contribution in [0.1, 0.15) is 11.1 Å². The average molecular weight is 321 g/mol. The average Bonchev–Trinajstić information content (AvgIpc) is 2.36. The molecule has 2 aromatic rings. The van der Waals surface area contributed by atoms with Gasteiger partial charge >= 0.3 is 0 Å². The molecule has 0 radical (unpaired) electrons. The van der Waals surface area contributed by atoms with Crippen molar-refractivity contribution < 1.29 is 17.6 Å². The van der Waals surface area contributed by atoms with E-state index in [0.717, 1.165) is 11.6 Å². The van der Waals surface area contributed by atoms with E-state index in [9.17, 15) is 17.6 Å². The molecule has 0 unspecified atom stereocenters. The minimum absolute atomic E-state index is 0.323. The van der Waals surface area contributed by atoms with E-state index in [1.165, 1.54) is 18.2 Å². The van der Waals surface area contributed by atoms with E-state index in [0.29, 0.717) is 11.3 Å². The molecule has 0 aliphatic heterocycles. The van der Waals surface area contributed by atoms with Gasteiger partial charge in [0.2, 0.25) is 5.91 Å². The molecule has 1 amide bonds. The van der Waals surface area contributed by atoms with Crippen molar-refractivity contribution in [1.29, 1.82) is 0 Å². The number of sulfone groups is 1. The summed E-state index contributed by atoms with van der Waals surface area (Å²) in [5, 5.41) is 2.54. The number of rotatable bonds is 5. The summed E-state index contributed by atoms with van der Waals surface area (Å²) < 4.78 is 37.0. The molecule has 116 valence electrons. The Hall–Kier alpha value is -2.21. The molecule has 0 aliphatic carbocycles. The molecular formula is C16H16FNO3S. The van der Waals surface area contributed by atoms with Gasteiger partial charge in [-0.1, -0.05) is 24.3 Å². The molecule has 0 fully saturated rings. The quantitative estimate of drug-likeness (QED) is 0.921. The Morgan fingerprint density at radius 2 is 1.86 bits per heavy atom. The molecule has 0 spiro atoms. The van der Waals surface area contributed by atoms with Crippen LogP contribution < -0.4 is 5.32 Å². The number of halogens is 1. The van der Waals surface area contributed by atoms with Gasteiger partial charge in [0.1, 0.15) is 11.6 Å². The van der Waals surface area contributed by atoms with Crippen molar-refractivity contribution in [1.82, 2.24) is 0 Å². The SMILES string of the molecule is Cc1cccc(NC(=O)CS(=O)(=O)Cc2cccc(F)c2)c1. The molecule has 6 heteroatoms. The predicted octanol–water partition coefficient (Wildman–Crippen LogP) is 2.69. The maximum Gasteiger partial charge on any atom is 0.239 e. The predicted molar refractivity (Wildman–Crippen MR) is 83.7 cm³/mol. The Kier molecular flexibility index (Phi) is 4.92. The smallest absolute Gasteiger partial charge is 0.239 e. The highest BCUT2D eigenvalue weighted by atomic mass is 32.2. The van der Waals surface area contributed by atoms with Crippen LogP contribution in [0.2, 0.25) is 0 Å². The first-order valence-corrected chi connectivity index (χ1v) is 8.47. The van der Waals surface area contributed by atoms with Crippen molar-refractivity contribution in [3.8, 4) is 0 Å². The van der Waals surface area contributed by atoms with Gasteiger partial charge in [-0.3, -0.25) is 4.79 Å². The third-order valence-electron chi connectivity index (χ3n) is 2.93. The highest BCUT2D eigenvalue weighted by Gasteiger charge is 2.18. The first-order valence-electron chi connectivity index (χ1n) is 6.65. The number of nitrogens with one attached hydrogen (secondary N) is 1. The Morgan fingerprint density at radius 3 is 2.55 bits per heavy atom. The summed E-state index contributed by atoms with van der Waals surface area (Å²) in [5.41, 5.74) is 1.83. The lowest BCUT2D eigenvalue weighted by atomic mass is 10.2. The Bertz CT molecular complexity index is 787. The molecule has 22 heavy (non-hydrogen) atoms. The van der Waals surface area contributed by atoms with Crippen molar-refractivity contribution >= 4 is 21.4 Å². The molecule has 0 heterocycles. The van der Waals surface area contributed by atoms with Gasteiger partial charge in [0.05, 0.1) is 5.75 Å². The van der Waals surface area contributed by atoms with Gasteiger partial charge < -0.3 is 5.32 Å². The van der Waals surface area contributed by atoms with E-state index in [1.807, 2.05) is 13.0 Å². The molecular weight excluding hydrogens is 305 g/mol. The molecule has 1 N–H and O–H groups in total. The maximum atomic E-state index is 13.1. The number of benzene rings is 2. The fourth-order valence-electron chi connectivity index (χ4n) is 2.05. The molecule has 2 rings (SSSR count). The standard InChI is InChI=1S/C16H16FNO3S/c1-12-4-2-7-15(8-12)18-16(19)11-22(20,21)10-13-5-3-6-14(17)9-13/h2-9H,10-11H2,1H3,(H,18,19). The summed E-state index contributed by atoms with van der Waals surface area (Å²) in [7, 11) is -3.66. The Morgan fingerprint density at radius 1 is 1.14 bits per heavy atom. The third-order valence-corrected chi connectivity index (χ3v) is 4.40. The van der Waals surface area contributed by atoms with E-state index in [-0.39, 0.29) is 5.75 Å². The number of aryl methyl sites for hydroxylation is 1. The third kappa shape index (κ3) is 4.96. The van der Waals surface area contributed by atoms with Crippen molar-refractivity contribution in [2.24, 2.45) is 0 Å². The molecule has 0 aromatic heterocycles. The summed E-state index contributed by atoms with van der Waals surface area (Å²) >= 11 is 0. The largest absolute Gasteiger partial charge is 0.325 e. The summed E-state index contributed by atoms with van der Waals surface area (Å²) in [6, 6.07) is 12.4. The highest BCUT2D eigenvalue weighted by Crippen LogP contribution is 2.12. The summed E-state index contributed by atoms with van der Waals surface area (Å²) in [6.45, 7) is 1.87. The van der Waals surface area contributed by atoms with Crippen molar-refractivity contribution in [3.05, 3.63) is 65.5 Å². The minimum Gasteiger partial charge on any atom is -0.325 e. The maximum absolute atomic E-state index is 13.1. The monoisotopic (exact) mass is 321 g/mol. The van der Waals surface area contributed by atoms with Crippen LogP contribution in [0, 0.1) is 12.7 Å². The Balaban J connectivity index is 2.00. The zero-order chi connectivity index (χ0) is 16.2. The second-order valence-electron chi connectivity index (χ2n) is 5.08. The van der Waals surface area contributed by atoms with E-state index >= 15 is 0 Å². The summed E-state index contributed by atoms with van der Waals surface area (Å²) in [6.07, 6.45) is 0. The van der Waals surface area contributed by atoms with Crippen molar-refractivity contribution in [2.75, 3.05) is 11.1 Å². The fraction of sp³-hybridized carbons (Fsp3) is 0.188. The zero-order valence-electron chi connectivity index (χ0n) is 12.0. The van der Waals surface area contributed by atoms with Crippen LogP contribution in [-0.4, -0.2) is 20.1 Å². The number of anilines is 1. The lowest BCUT2D eigenvalue weighted by Crippen LogP contribution is -2.24. The van der Waals surface area contributed by atoms with Crippen LogP contribution in [0.3, 0.4) is 0 Å². The zero-order valence-corrected chi connectivity index (χ0v) is 12.9. The fourth-order valence-corrected chi connectivity index (χ4v) is 3.31. The lowest BCUT2D eigenvalue weighted by molar-refractivity contribution is -0.113. The molecule has 4 nitrogen and oxygen atoms in total. The van der Waals surface area contributed by atoms with Gasteiger partial charge in [0.15, 0.2) is 9.84 Å². The number of amides is 1. The van der Waals surface area contributed by atoms with Crippen molar-refractivity contribution in [2.45, 2.75) is 12.7 Å². The van der Waals surface area contributed by atoms with Crippen LogP contribution in [0.25, 0.3) is 0 Å². The molecule has 0 atom stereocenters. The summed E-state index contributed by atoms with van der Waals surface area (Å²) in [4.78, 5) is 11.8. The second kappa shape index (κ2) is 6.70. The lowest BCUT2D eigenvalue weighted by Gasteiger charge is -2.07. The molecule has 0 bridgehead atoms. The molecule has 0 aliphatic rings. The van der Waals surface area contributed by atoms with Crippen LogP contribution in [-0.2, 0) is 20.4 Å². The van der Waals surface area contributed by atoms with Gasteiger partial charge in [0.25, 0.3) is 0 Å². The van der Waals surface area contributed by atoms with Gasteiger partial charge in [-0.05, 0) is 42.3 Å². The van der Waals surface area contributed by atoms with Crippen LogP contribution in [0.15, 0.2) is 48.5 Å². The van der Waals surface area contributed by atoms with E-state index in [4.69, 9.17) is 0 Å². The molecule has 0 saturated heterocycles.